The van der Waals surface area contributed by atoms with Gasteiger partial charge in [-0.25, -0.2) is 0 Å². The van der Waals surface area contributed by atoms with Gasteiger partial charge in [0.25, 0.3) is 10.2 Å². The summed E-state index contributed by atoms with van der Waals surface area (Å²) in [5.74, 6) is 0. The highest BCUT2D eigenvalue weighted by Crippen LogP contribution is 1.84. The van der Waals surface area contributed by atoms with E-state index in [1.54, 1.807) is 0 Å². The van der Waals surface area contributed by atoms with E-state index in [9.17, 15) is 0 Å². The molecule has 0 aromatic rings. The van der Waals surface area contributed by atoms with Crippen LogP contribution < -0.4 is 0 Å². The molecule has 0 aliphatic heterocycles. The summed E-state index contributed by atoms with van der Waals surface area (Å²) in [6.07, 6.45) is -0.485. The first kappa shape index (κ1) is 18.9. The molecule has 0 amide bonds. The summed E-state index contributed by atoms with van der Waals surface area (Å²) in [5.41, 5.74) is 0. The number of hydrogen-bond donors (Lipinski definition) is 5. The van der Waals surface area contributed by atoms with Crippen LogP contribution in [0.4, 0.5) is 0 Å². The van der Waals surface area contributed by atoms with Gasteiger partial charge in [-0.15, -0.1) is 20.2 Å². The molecule has 0 radical (unpaired) electrons. The van der Waals surface area contributed by atoms with E-state index in [0.717, 1.165) is 0 Å². The van der Waals surface area contributed by atoms with Crippen LogP contribution in [0.2, 0.25) is 0 Å². The first-order valence-corrected chi connectivity index (χ1v) is 3.34. The summed E-state index contributed by atoms with van der Waals surface area (Å²) in [4.78, 5) is 16.7. The normalized spacial score (nSPS) is 9.80. The fraction of sp³-hybridized carbons (Fsp3) is 1.00. The molecule has 0 fully saturated rings. The third-order valence-electron chi connectivity index (χ3n) is 0.673. The zero-order chi connectivity index (χ0) is 12.9. The second-order valence-corrected chi connectivity index (χ2v) is 1.82. The van der Waals surface area contributed by atoms with E-state index in [-0.39, 0.29) is 19.6 Å². The Balaban J connectivity index is -0.000000155. The molecule has 92 valence electrons. The van der Waals surface area contributed by atoms with Crippen LogP contribution in [0.1, 0.15) is 6.42 Å². The van der Waals surface area contributed by atoms with E-state index < -0.39 is 16.3 Å². The third kappa shape index (κ3) is 121. The second kappa shape index (κ2) is 14.8. The van der Waals surface area contributed by atoms with Crippen molar-refractivity contribution in [3.63, 3.8) is 0 Å². The van der Waals surface area contributed by atoms with Gasteiger partial charge < -0.3 is 25.7 Å². The van der Waals surface area contributed by atoms with Crippen molar-refractivity contribution in [2.75, 3.05) is 13.2 Å². The summed E-state index contributed by atoms with van der Waals surface area (Å²) in [6, 6.07) is 0. The van der Waals surface area contributed by atoms with Crippen molar-refractivity contribution in [1.82, 2.24) is 0 Å². The number of nitrogens with zero attached hydrogens (tertiary/aromatic N) is 2. The smallest absolute Gasteiger partial charge is 0.291 e. The summed E-state index contributed by atoms with van der Waals surface area (Å²) in [5, 5.41) is 51.9. The topological polar surface area (TPSA) is 187 Å². The second-order valence-electron chi connectivity index (χ2n) is 1.82. The van der Waals surface area contributed by atoms with E-state index in [4.69, 9.17) is 46.0 Å². The van der Waals surface area contributed by atoms with Crippen molar-refractivity contribution >= 4 is 0 Å². The van der Waals surface area contributed by atoms with Gasteiger partial charge in [0.05, 0.1) is 12.7 Å². The molecule has 5 N–H and O–H groups in total. The van der Waals surface area contributed by atoms with Crippen LogP contribution in [-0.2, 0) is 0 Å². The maximum absolute atomic E-state index is 8.45. The number of hydrogen-bond acceptors (Lipinski definition) is 7. The van der Waals surface area contributed by atoms with E-state index in [1.807, 2.05) is 0 Å². The van der Waals surface area contributed by atoms with E-state index >= 15 is 0 Å². The Hall–Kier alpha value is -1.72. The molecule has 0 spiro atoms. The highest BCUT2D eigenvalue weighted by molar-refractivity contribution is 4.48. The Bertz CT molecular complexity index is 142. The molecule has 11 heteroatoms. The van der Waals surface area contributed by atoms with Crippen LogP contribution in [0.15, 0.2) is 0 Å². The number of rotatable bonds is 3. The molecular formula is C4H12N2O9. The van der Waals surface area contributed by atoms with Gasteiger partial charge in [0.15, 0.2) is 0 Å². The van der Waals surface area contributed by atoms with Crippen molar-refractivity contribution in [2.24, 2.45) is 0 Å². The molecule has 1 unspecified atom stereocenters. The van der Waals surface area contributed by atoms with E-state index in [2.05, 4.69) is 0 Å². The Labute approximate surface area is 83.0 Å². The molecule has 1 atom stereocenters. The molecule has 0 saturated heterocycles. The molecule has 0 bridgehead atoms. The molecule has 11 nitrogen and oxygen atoms in total. The van der Waals surface area contributed by atoms with Gasteiger partial charge in [0.2, 0.25) is 0 Å². The maximum atomic E-state index is 8.45. The summed E-state index contributed by atoms with van der Waals surface area (Å²) < 4.78 is 0. The lowest BCUT2D eigenvalue weighted by molar-refractivity contribution is -0.742. The van der Waals surface area contributed by atoms with Crippen LogP contribution in [0.5, 0.6) is 0 Å². The van der Waals surface area contributed by atoms with Gasteiger partial charge >= 0.3 is 0 Å². The van der Waals surface area contributed by atoms with Gasteiger partial charge in [-0.1, -0.05) is 0 Å². The highest BCUT2D eigenvalue weighted by atomic mass is 16.9. The summed E-state index contributed by atoms with van der Waals surface area (Å²) >= 11 is 0. The van der Waals surface area contributed by atoms with E-state index in [0.29, 0.717) is 0 Å². The average Bonchev–Trinajstić information content (AvgIpc) is 2.02. The molecule has 0 heterocycles. The van der Waals surface area contributed by atoms with Gasteiger partial charge in [0.1, 0.15) is 0 Å². The minimum atomic E-state index is -1.50. The SMILES string of the molecule is O=[N+]([O-])O.O=[N+]([O-])O.OCCC(O)CO. The zero-order valence-electron chi connectivity index (χ0n) is 7.46. The van der Waals surface area contributed by atoms with Crippen LogP contribution in [0.25, 0.3) is 0 Å². The van der Waals surface area contributed by atoms with Crippen molar-refractivity contribution in [1.29, 1.82) is 0 Å². The number of aliphatic hydroxyl groups excluding tert-OH is 3. The van der Waals surface area contributed by atoms with Crippen molar-refractivity contribution in [2.45, 2.75) is 12.5 Å². The standard InChI is InChI=1S/C4H10O3.2HNO3/c5-2-1-4(7)3-6;2*2-1(3)4/h4-7H,1-3H2;2*(H,2,3,4). The van der Waals surface area contributed by atoms with Crippen LogP contribution in [0, 0.1) is 20.2 Å². The molecule has 0 aromatic heterocycles. The van der Waals surface area contributed by atoms with Gasteiger partial charge in [0, 0.05) is 6.61 Å². The first-order chi connectivity index (χ1) is 6.77. The fourth-order valence-corrected chi connectivity index (χ4v) is 0.240. The highest BCUT2D eigenvalue weighted by Gasteiger charge is 1.96. The predicted molar refractivity (Wildman–Crippen MR) is 42.4 cm³/mol. The Morgan fingerprint density at radius 1 is 1.07 bits per heavy atom. The molecule has 0 aromatic carbocycles. The quantitative estimate of drug-likeness (QED) is 0.271. The number of aliphatic hydroxyl groups is 3. The van der Waals surface area contributed by atoms with Crippen molar-refractivity contribution in [3.05, 3.63) is 20.2 Å². The molecule has 0 aliphatic carbocycles. The van der Waals surface area contributed by atoms with Crippen LogP contribution >= 0.6 is 0 Å². The molecule has 0 aliphatic rings. The monoisotopic (exact) mass is 232 g/mol. The average molecular weight is 232 g/mol. The van der Waals surface area contributed by atoms with E-state index in [1.165, 1.54) is 0 Å². The largest absolute Gasteiger partial charge is 0.396 e. The molecule has 0 saturated carbocycles. The fourth-order valence-electron chi connectivity index (χ4n) is 0.240. The minimum Gasteiger partial charge on any atom is -0.396 e. The van der Waals surface area contributed by atoms with Gasteiger partial charge in [-0.05, 0) is 6.42 Å². The molecule has 15 heavy (non-hydrogen) atoms. The van der Waals surface area contributed by atoms with Crippen molar-refractivity contribution < 1.29 is 35.9 Å². The molecule has 0 rings (SSSR count). The lowest BCUT2D eigenvalue weighted by Crippen LogP contribution is -2.12. The van der Waals surface area contributed by atoms with Gasteiger partial charge in [-0.2, -0.15) is 0 Å². The Morgan fingerprint density at radius 2 is 1.33 bits per heavy atom. The van der Waals surface area contributed by atoms with Crippen molar-refractivity contribution in [3.8, 4) is 0 Å². The third-order valence-corrected chi connectivity index (χ3v) is 0.673. The van der Waals surface area contributed by atoms with Gasteiger partial charge in [-0.3, -0.25) is 0 Å². The minimum absolute atomic E-state index is 0.0677. The first-order valence-electron chi connectivity index (χ1n) is 3.34. The van der Waals surface area contributed by atoms with Crippen LogP contribution in [0.3, 0.4) is 0 Å². The Kier molecular flexibility index (Phi) is 18.7. The predicted octanol–water partition coefficient (Wildman–Crippen LogP) is -1.97. The lowest BCUT2D eigenvalue weighted by Gasteiger charge is -2.00. The zero-order valence-corrected chi connectivity index (χ0v) is 7.46. The summed E-state index contributed by atoms with van der Waals surface area (Å²) in [7, 11) is 0. The lowest BCUT2D eigenvalue weighted by atomic mass is 10.3. The van der Waals surface area contributed by atoms with Crippen LogP contribution in [-0.4, -0.2) is 55.2 Å². The molecular weight excluding hydrogens is 220 g/mol. The Morgan fingerprint density at radius 3 is 1.40 bits per heavy atom. The maximum Gasteiger partial charge on any atom is 0.291 e. The summed E-state index contributed by atoms with van der Waals surface area (Å²) in [6.45, 7) is -0.331.